The van der Waals surface area contributed by atoms with Crippen molar-refractivity contribution in [3.8, 4) is 11.8 Å². The third-order valence-corrected chi connectivity index (χ3v) is 5.77. The summed E-state index contributed by atoms with van der Waals surface area (Å²) >= 11 is 0. The Bertz CT molecular complexity index is 1120. The van der Waals surface area contributed by atoms with E-state index in [-0.39, 0.29) is 11.7 Å². The average Bonchev–Trinajstić information content (AvgIpc) is 3.35. The molecule has 1 aliphatic heterocycles. The molecule has 0 spiro atoms. The summed E-state index contributed by atoms with van der Waals surface area (Å²) < 4.78 is 13.2. The van der Waals surface area contributed by atoms with Crippen LogP contribution in [0.4, 0.5) is 10.1 Å². The van der Waals surface area contributed by atoms with Crippen molar-refractivity contribution in [1.29, 1.82) is 0 Å². The van der Waals surface area contributed by atoms with Crippen LogP contribution in [0.25, 0.3) is 0 Å². The van der Waals surface area contributed by atoms with E-state index in [2.05, 4.69) is 44.2 Å². The number of amides is 1. The molecule has 1 amide bonds. The van der Waals surface area contributed by atoms with E-state index in [1.807, 2.05) is 24.4 Å². The smallest absolute Gasteiger partial charge is 0.251 e. The second kappa shape index (κ2) is 10.8. The molecule has 4 rings (SSSR count). The van der Waals surface area contributed by atoms with E-state index >= 15 is 0 Å². The standard InChI is InChI=1S/C26H28FN5O/c1-31-13-15-32(16-14-31)25-11-8-23(26(33)28-12-2-3-21-18-29-30-19-21)17-22(25)7-4-20-5-9-24(27)10-6-20/h5-6,8-11,17-19H,2-3,12-16H2,1H3,(H,28,33)(H,29,30). The molecule has 0 saturated carbocycles. The maximum atomic E-state index is 13.2. The summed E-state index contributed by atoms with van der Waals surface area (Å²) in [7, 11) is 2.12. The zero-order chi connectivity index (χ0) is 23.0. The van der Waals surface area contributed by atoms with Gasteiger partial charge in [-0.3, -0.25) is 9.89 Å². The van der Waals surface area contributed by atoms with Crippen molar-refractivity contribution in [2.45, 2.75) is 12.8 Å². The first-order valence-electron chi connectivity index (χ1n) is 11.2. The van der Waals surface area contributed by atoms with Crippen LogP contribution < -0.4 is 10.2 Å². The lowest BCUT2D eigenvalue weighted by molar-refractivity contribution is 0.0953. The number of hydrogen-bond donors (Lipinski definition) is 2. The van der Waals surface area contributed by atoms with Crippen molar-refractivity contribution < 1.29 is 9.18 Å². The van der Waals surface area contributed by atoms with Crippen LogP contribution in [-0.2, 0) is 6.42 Å². The molecule has 0 unspecified atom stereocenters. The Balaban J connectivity index is 1.50. The van der Waals surface area contributed by atoms with Crippen LogP contribution in [0.1, 0.15) is 33.5 Å². The van der Waals surface area contributed by atoms with Gasteiger partial charge >= 0.3 is 0 Å². The molecule has 33 heavy (non-hydrogen) atoms. The topological polar surface area (TPSA) is 64.3 Å². The first-order chi connectivity index (χ1) is 16.1. The molecule has 170 valence electrons. The van der Waals surface area contributed by atoms with Gasteiger partial charge in [-0.1, -0.05) is 11.8 Å². The number of rotatable bonds is 6. The normalized spacial score (nSPS) is 13.9. The number of aryl methyl sites for hydroxylation is 1. The van der Waals surface area contributed by atoms with Gasteiger partial charge in [-0.15, -0.1) is 0 Å². The third-order valence-electron chi connectivity index (χ3n) is 5.77. The van der Waals surface area contributed by atoms with Gasteiger partial charge in [0.15, 0.2) is 0 Å². The molecule has 0 radical (unpaired) electrons. The third kappa shape index (κ3) is 6.21. The van der Waals surface area contributed by atoms with Crippen molar-refractivity contribution in [1.82, 2.24) is 20.4 Å². The number of H-pyrrole nitrogens is 1. The summed E-state index contributed by atoms with van der Waals surface area (Å²) in [5.41, 5.74) is 4.26. The van der Waals surface area contributed by atoms with Crippen LogP contribution in [0.2, 0.25) is 0 Å². The van der Waals surface area contributed by atoms with Crippen molar-refractivity contribution in [3.63, 3.8) is 0 Å². The predicted molar refractivity (Wildman–Crippen MR) is 128 cm³/mol. The molecule has 0 bridgehead atoms. The van der Waals surface area contributed by atoms with Gasteiger partial charge in [-0.2, -0.15) is 5.10 Å². The molecule has 2 heterocycles. The first kappa shape index (κ1) is 22.6. The number of aromatic nitrogens is 2. The Hall–Kier alpha value is -3.63. The van der Waals surface area contributed by atoms with E-state index in [4.69, 9.17) is 0 Å². The lowest BCUT2D eigenvalue weighted by Crippen LogP contribution is -2.44. The summed E-state index contributed by atoms with van der Waals surface area (Å²) in [5, 5.41) is 9.73. The van der Waals surface area contributed by atoms with E-state index in [0.29, 0.717) is 12.1 Å². The number of likely N-dealkylation sites (N-methyl/N-ethyl adjacent to an activating group) is 1. The van der Waals surface area contributed by atoms with Crippen LogP contribution in [0.15, 0.2) is 54.9 Å². The molecule has 2 aromatic carbocycles. The quantitative estimate of drug-likeness (QED) is 0.452. The number of piperazine rings is 1. The highest BCUT2D eigenvalue weighted by Crippen LogP contribution is 2.23. The fourth-order valence-electron chi connectivity index (χ4n) is 3.78. The summed E-state index contributed by atoms with van der Waals surface area (Å²) in [5.74, 6) is 5.94. The Morgan fingerprint density at radius 3 is 2.64 bits per heavy atom. The molecule has 1 aliphatic rings. The number of nitrogens with zero attached hydrogens (tertiary/aromatic N) is 3. The summed E-state index contributed by atoms with van der Waals surface area (Å²) in [6.45, 7) is 4.34. The molecular weight excluding hydrogens is 417 g/mol. The van der Waals surface area contributed by atoms with Crippen LogP contribution in [0.3, 0.4) is 0 Å². The minimum Gasteiger partial charge on any atom is -0.368 e. The highest BCUT2D eigenvalue weighted by Gasteiger charge is 2.18. The lowest BCUT2D eigenvalue weighted by Gasteiger charge is -2.34. The zero-order valence-corrected chi connectivity index (χ0v) is 18.8. The Kier molecular flexibility index (Phi) is 7.38. The van der Waals surface area contributed by atoms with Gasteiger partial charge in [-0.25, -0.2) is 4.39 Å². The number of carbonyl (C=O) groups excluding carboxylic acids is 1. The second-order valence-electron chi connectivity index (χ2n) is 8.25. The molecule has 7 heteroatoms. The Morgan fingerprint density at radius 1 is 1.12 bits per heavy atom. The van der Waals surface area contributed by atoms with Crippen molar-refractivity contribution in [2.75, 3.05) is 44.7 Å². The molecule has 0 aliphatic carbocycles. The van der Waals surface area contributed by atoms with Gasteiger partial charge in [0.1, 0.15) is 5.82 Å². The summed E-state index contributed by atoms with van der Waals surface area (Å²) in [6.07, 6.45) is 5.35. The van der Waals surface area contributed by atoms with Gasteiger partial charge in [0.05, 0.1) is 11.9 Å². The number of hydrogen-bond acceptors (Lipinski definition) is 4. The fourth-order valence-corrected chi connectivity index (χ4v) is 3.78. The molecule has 6 nitrogen and oxygen atoms in total. The maximum Gasteiger partial charge on any atom is 0.251 e. The minimum atomic E-state index is -0.287. The molecule has 3 aromatic rings. The van der Waals surface area contributed by atoms with E-state index in [0.717, 1.165) is 61.4 Å². The van der Waals surface area contributed by atoms with E-state index in [1.165, 1.54) is 12.1 Å². The van der Waals surface area contributed by atoms with Crippen LogP contribution in [-0.4, -0.2) is 60.8 Å². The van der Waals surface area contributed by atoms with E-state index in [1.54, 1.807) is 18.3 Å². The number of nitrogens with one attached hydrogen (secondary N) is 2. The van der Waals surface area contributed by atoms with Gasteiger partial charge in [0, 0.05) is 55.6 Å². The SMILES string of the molecule is CN1CCN(c2ccc(C(=O)NCCCc3cn[nH]c3)cc2C#Cc2ccc(F)cc2)CC1. The van der Waals surface area contributed by atoms with Crippen molar-refractivity contribution in [3.05, 3.63) is 82.9 Å². The zero-order valence-electron chi connectivity index (χ0n) is 18.8. The van der Waals surface area contributed by atoms with Gasteiger partial charge < -0.3 is 15.1 Å². The van der Waals surface area contributed by atoms with E-state index in [9.17, 15) is 9.18 Å². The minimum absolute atomic E-state index is 0.114. The highest BCUT2D eigenvalue weighted by atomic mass is 19.1. The number of carbonyl (C=O) groups is 1. The number of benzene rings is 2. The molecule has 2 N–H and O–H groups in total. The average molecular weight is 446 g/mol. The van der Waals surface area contributed by atoms with Gasteiger partial charge in [0.25, 0.3) is 5.91 Å². The highest BCUT2D eigenvalue weighted by molar-refractivity contribution is 5.95. The number of halogens is 1. The van der Waals surface area contributed by atoms with Crippen molar-refractivity contribution >= 4 is 11.6 Å². The Morgan fingerprint density at radius 2 is 1.91 bits per heavy atom. The second-order valence-corrected chi connectivity index (χ2v) is 8.25. The maximum absolute atomic E-state index is 13.2. The van der Waals surface area contributed by atoms with Crippen LogP contribution in [0, 0.1) is 17.7 Å². The van der Waals surface area contributed by atoms with Gasteiger partial charge in [-0.05, 0) is 67.9 Å². The summed E-state index contributed by atoms with van der Waals surface area (Å²) in [4.78, 5) is 17.4. The molecule has 1 saturated heterocycles. The lowest BCUT2D eigenvalue weighted by atomic mass is 10.1. The molecule has 1 aromatic heterocycles. The molecule has 1 fully saturated rings. The summed E-state index contributed by atoms with van der Waals surface area (Å²) in [6, 6.07) is 11.8. The van der Waals surface area contributed by atoms with Crippen molar-refractivity contribution in [2.24, 2.45) is 0 Å². The molecular formula is C26H28FN5O. The predicted octanol–water partition coefficient (Wildman–Crippen LogP) is 3.06. The Labute approximate surface area is 193 Å². The number of anilines is 1. The molecule has 0 atom stereocenters. The largest absolute Gasteiger partial charge is 0.368 e. The monoisotopic (exact) mass is 445 g/mol. The van der Waals surface area contributed by atoms with Crippen LogP contribution in [0.5, 0.6) is 0 Å². The fraction of sp³-hybridized carbons (Fsp3) is 0.308. The van der Waals surface area contributed by atoms with Gasteiger partial charge in [0.2, 0.25) is 0 Å². The van der Waals surface area contributed by atoms with Crippen LogP contribution >= 0.6 is 0 Å². The number of aromatic amines is 1. The first-order valence-corrected chi connectivity index (χ1v) is 11.2. The van der Waals surface area contributed by atoms with E-state index < -0.39 is 0 Å².